The smallest absolute Gasteiger partial charge is 0.248 e. The highest BCUT2D eigenvalue weighted by Gasteiger charge is 2.23. The molecule has 0 radical (unpaired) electrons. The molecule has 0 spiro atoms. The number of aliphatic hydroxyl groups is 1. The van der Waals surface area contributed by atoms with Crippen LogP contribution in [0.4, 0.5) is 0 Å². The van der Waals surface area contributed by atoms with Crippen molar-refractivity contribution in [2.24, 2.45) is 0 Å². The van der Waals surface area contributed by atoms with Crippen molar-refractivity contribution in [3.8, 4) is 0 Å². The van der Waals surface area contributed by atoms with Crippen LogP contribution in [0, 0.1) is 0 Å². The Hall–Kier alpha value is -2.34. The molecule has 1 N–H and O–H groups in total. The number of nitrogens with zero attached hydrogens (tertiary/aromatic N) is 3. The van der Waals surface area contributed by atoms with Gasteiger partial charge in [0.2, 0.25) is 11.8 Å². The Morgan fingerprint density at radius 3 is 2.30 bits per heavy atom. The van der Waals surface area contributed by atoms with Crippen LogP contribution in [0.15, 0.2) is 36.5 Å². The highest BCUT2D eigenvalue weighted by Crippen LogP contribution is 2.15. The summed E-state index contributed by atoms with van der Waals surface area (Å²) < 4.78 is 2.10. The van der Waals surface area contributed by atoms with Crippen LogP contribution in [0.2, 0.25) is 0 Å². The fourth-order valence-corrected chi connectivity index (χ4v) is 3.02. The molecule has 0 unspecified atom stereocenters. The van der Waals surface area contributed by atoms with Crippen molar-refractivity contribution in [2.75, 3.05) is 32.8 Å². The van der Waals surface area contributed by atoms with Crippen LogP contribution in [0.1, 0.15) is 6.42 Å². The third-order valence-electron chi connectivity index (χ3n) is 4.37. The SMILES string of the molecule is O=C(CO)N1CCN(C(=O)CCn2ccc3ccccc32)CC1. The largest absolute Gasteiger partial charge is 0.387 e. The highest BCUT2D eigenvalue weighted by molar-refractivity contribution is 5.81. The minimum absolute atomic E-state index is 0.110. The quantitative estimate of drug-likeness (QED) is 0.903. The molecule has 3 rings (SSSR count). The number of aliphatic hydroxyl groups excluding tert-OH is 1. The molecule has 1 saturated heterocycles. The van der Waals surface area contributed by atoms with Crippen LogP contribution in [0.3, 0.4) is 0 Å². The first kappa shape index (κ1) is 15.6. The number of amides is 2. The van der Waals surface area contributed by atoms with Crippen LogP contribution in [0.5, 0.6) is 0 Å². The van der Waals surface area contributed by atoms with Gasteiger partial charge < -0.3 is 19.5 Å². The Morgan fingerprint density at radius 1 is 0.957 bits per heavy atom. The average molecular weight is 315 g/mol. The molecule has 6 nitrogen and oxygen atoms in total. The third-order valence-corrected chi connectivity index (χ3v) is 4.37. The molecule has 1 aliphatic heterocycles. The Balaban J connectivity index is 1.53. The van der Waals surface area contributed by atoms with Gasteiger partial charge in [0.15, 0.2) is 0 Å². The summed E-state index contributed by atoms with van der Waals surface area (Å²) >= 11 is 0. The van der Waals surface area contributed by atoms with E-state index in [0.29, 0.717) is 39.1 Å². The molecule has 0 aliphatic carbocycles. The van der Waals surface area contributed by atoms with E-state index in [0.717, 1.165) is 5.52 Å². The van der Waals surface area contributed by atoms with E-state index in [1.54, 1.807) is 9.80 Å². The van der Waals surface area contributed by atoms with E-state index in [-0.39, 0.29) is 11.8 Å². The number of aromatic nitrogens is 1. The molecule has 122 valence electrons. The molecular formula is C17H21N3O3. The molecule has 2 aromatic rings. The van der Waals surface area contributed by atoms with Crippen LogP contribution in [0.25, 0.3) is 10.9 Å². The van der Waals surface area contributed by atoms with E-state index in [1.165, 1.54) is 5.39 Å². The first-order valence-corrected chi connectivity index (χ1v) is 7.89. The van der Waals surface area contributed by atoms with Gasteiger partial charge in [0, 0.05) is 50.9 Å². The predicted octanol–water partition coefficient (Wildman–Crippen LogP) is 0.694. The fraction of sp³-hybridized carbons (Fsp3) is 0.412. The maximum atomic E-state index is 12.3. The number of piperazine rings is 1. The minimum atomic E-state index is -0.464. The number of rotatable bonds is 4. The van der Waals surface area contributed by atoms with Crippen molar-refractivity contribution in [3.05, 3.63) is 36.5 Å². The summed E-state index contributed by atoms with van der Waals surface area (Å²) in [6.45, 7) is 2.26. The van der Waals surface area contributed by atoms with Crippen molar-refractivity contribution < 1.29 is 14.7 Å². The van der Waals surface area contributed by atoms with E-state index >= 15 is 0 Å². The molecule has 1 aromatic carbocycles. The van der Waals surface area contributed by atoms with Gasteiger partial charge in [-0.1, -0.05) is 18.2 Å². The second-order valence-corrected chi connectivity index (χ2v) is 5.74. The summed E-state index contributed by atoms with van der Waals surface area (Å²) in [5.74, 6) is -0.158. The number of aryl methyl sites for hydroxylation is 1. The van der Waals surface area contributed by atoms with Gasteiger partial charge in [0.05, 0.1) is 0 Å². The Labute approximate surface area is 134 Å². The lowest BCUT2D eigenvalue weighted by Gasteiger charge is -2.34. The fourth-order valence-electron chi connectivity index (χ4n) is 3.02. The maximum absolute atomic E-state index is 12.3. The second kappa shape index (κ2) is 6.83. The van der Waals surface area contributed by atoms with Gasteiger partial charge in [-0.15, -0.1) is 0 Å². The van der Waals surface area contributed by atoms with Crippen LogP contribution in [-0.2, 0) is 16.1 Å². The number of hydrogen-bond donors (Lipinski definition) is 1. The maximum Gasteiger partial charge on any atom is 0.248 e. The molecule has 2 heterocycles. The zero-order valence-electron chi connectivity index (χ0n) is 13.0. The molecule has 1 aliphatic rings. The van der Waals surface area contributed by atoms with Gasteiger partial charge in [-0.3, -0.25) is 9.59 Å². The van der Waals surface area contributed by atoms with Crippen molar-refractivity contribution in [1.29, 1.82) is 0 Å². The van der Waals surface area contributed by atoms with E-state index in [1.807, 2.05) is 18.3 Å². The lowest BCUT2D eigenvalue weighted by atomic mass is 10.2. The highest BCUT2D eigenvalue weighted by atomic mass is 16.3. The molecule has 0 atom stereocenters. The summed E-state index contributed by atoms with van der Waals surface area (Å²) in [4.78, 5) is 27.2. The lowest BCUT2D eigenvalue weighted by molar-refractivity contribution is -0.141. The molecule has 1 aromatic heterocycles. The van der Waals surface area contributed by atoms with Crippen LogP contribution >= 0.6 is 0 Å². The van der Waals surface area contributed by atoms with Crippen LogP contribution in [-0.4, -0.2) is 64.1 Å². The first-order chi connectivity index (χ1) is 11.2. The van der Waals surface area contributed by atoms with E-state index in [9.17, 15) is 9.59 Å². The summed E-state index contributed by atoms with van der Waals surface area (Å²) in [6.07, 6.45) is 2.46. The minimum Gasteiger partial charge on any atom is -0.387 e. The number of para-hydroxylation sites is 1. The molecule has 23 heavy (non-hydrogen) atoms. The van der Waals surface area contributed by atoms with Gasteiger partial charge >= 0.3 is 0 Å². The number of carbonyl (C=O) groups excluding carboxylic acids is 2. The van der Waals surface area contributed by atoms with Gasteiger partial charge in [0.25, 0.3) is 0 Å². The van der Waals surface area contributed by atoms with Crippen molar-refractivity contribution in [1.82, 2.24) is 14.4 Å². The monoisotopic (exact) mass is 315 g/mol. The zero-order chi connectivity index (χ0) is 16.2. The molecular weight excluding hydrogens is 294 g/mol. The van der Waals surface area contributed by atoms with Gasteiger partial charge in [0.1, 0.15) is 6.61 Å². The van der Waals surface area contributed by atoms with E-state index in [2.05, 4.69) is 22.8 Å². The van der Waals surface area contributed by atoms with E-state index < -0.39 is 6.61 Å². The summed E-state index contributed by atoms with van der Waals surface area (Å²) in [7, 11) is 0. The first-order valence-electron chi connectivity index (χ1n) is 7.89. The van der Waals surface area contributed by atoms with Gasteiger partial charge in [-0.2, -0.15) is 0 Å². The Morgan fingerprint density at radius 2 is 1.61 bits per heavy atom. The third kappa shape index (κ3) is 3.37. The van der Waals surface area contributed by atoms with Crippen molar-refractivity contribution in [2.45, 2.75) is 13.0 Å². The summed E-state index contributed by atoms with van der Waals surface area (Å²) in [6, 6.07) is 10.2. The standard InChI is InChI=1S/C17H21N3O3/c21-13-17(23)20-11-9-19(10-12-20)16(22)6-8-18-7-5-14-3-1-2-4-15(14)18/h1-5,7,21H,6,8-13H2. The molecule has 0 saturated carbocycles. The number of carbonyl (C=O) groups is 2. The normalized spacial score (nSPS) is 15.2. The molecule has 1 fully saturated rings. The lowest BCUT2D eigenvalue weighted by Crippen LogP contribution is -2.51. The van der Waals surface area contributed by atoms with Gasteiger partial charge in [-0.25, -0.2) is 0 Å². The Kier molecular flexibility index (Phi) is 4.62. The molecule has 2 amide bonds. The average Bonchev–Trinajstić information content (AvgIpc) is 3.02. The number of fused-ring (bicyclic) bond motifs is 1. The summed E-state index contributed by atoms with van der Waals surface area (Å²) in [5, 5.41) is 10.0. The second-order valence-electron chi connectivity index (χ2n) is 5.74. The van der Waals surface area contributed by atoms with Crippen molar-refractivity contribution in [3.63, 3.8) is 0 Å². The van der Waals surface area contributed by atoms with Gasteiger partial charge in [-0.05, 0) is 17.5 Å². The number of hydrogen-bond acceptors (Lipinski definition) is 3. The number of benzene rings is 1. The van der Waals surface area contributed by atoms with E-state index in [4.69, 9.17) is 5.11 Å². The predicted molar refractivity (Wildman–Crippen MR) is 86.8 cm³/mol. The van der Waals surface area contributed by atoms with Crippen LogP contribution < -0.4 is 0 Å². The molecule has 6 heteroatoms. The topological polar surface area (TPSA) is 65.8 Å². The molecule has 0 bridgehead atoms. The Bertz CT molecular complexity index is 702. The zero-order valence-corrected chi connectivity index (χ0v) is 13.0. The summed E-state index contributed by atoms with van der Waals surface area (Å²) in [5.41, 5.74) is 1.14. The van der Waals surface area contributed by atoms with Crippen molar-refractivity contribution >= 4 is 22.7 Å².